The summed E-state index contributed by atoms with van der Waals surface area (Å²) in [5.41, 5.74) is 0.440. The molecule has 0 spiro atoms. The lowest BCUT2D eigenvalue weighted by Gasteiger charge is -2.42. The second-order valence-corrected chi connectivity index (χ2v) is 13.7. The summed E-state index contributed by atoms with van der Waals surface area (Å²) >= 11 is 0. The first kappa shape index (κ1) is 41.1. The highest BCUT2D eigenvalue weighted by Crippen LogP contribution is 2.51. The van der Waals surface area contributed by atoms with Gasteiger partial charge in [-0.15, -0.1) is 0 Å². The van der Waals surface area contributed by atoms with Gasteiger partial charge in [-0.3, -0.25) is 0 Å². The Kier molecular flexibility index (Phi) is 13.0. The van der Waals surface area contributed by atoms with Crippen molar-refractivity contribution in [2.75, 3.05) is 47.3 Å². The number of aromatic hydroxyl groups is 2. The standard InChI is InChI=1S/C39H46O17/c1-49-27-15-22(6-9-26(27)43)33-25(16-40)24-13-21(14-28(50-2)34(24)55-33)5-10-30(44)52-18-39(48)19-53-38(36(39)47)56-35-32(46)31(45)29(17-41)54-37(35)51-12-11-20-3-7-23(42)8-4-20/h3-10,13-15,25,29,31-33,35-38,40-43,45-48H,11-12,16-19H2,1-2H3. The summed E-state index contributed by atoms with van der Waals surface area (Å²) in [6.45, 7) is -2.14. The van der Waals surface area contributed by atoms with Crippen molar-refractivity contribution in [3.8, 4) is 28.7 Å². The zero-order valence-electron chi connectivity index (χ0n) is 30.5. The lowest BCUT2D eigenvalue weighted by atomic mass is 9.90. The summed E-state index contributed by atoms with van der Waals surface area (Å²) < 4.78 is 45.0. The Morgan fingerprint density at radius 1 is 0.929 bits per heavy atom. The average Bonchev–Trinajstić information content (AvgIpc) is 3.72. The molecule has 0 aliphatic carbocycles. The van der Waals surface area contributed by atoms with Crippen molar-refractivity contribution in [3.63, 3.8) is 0 Å². The van der Waals surface area contributed by atoms with Gasteiger partial charge in [-0.2, -0.15) is 0 Å². The Balaban J connectivity index is 1.07. The second kappa shape index (κ2) is 17.7. The summed E-state index contributed by atoms with van der Waals surface area (Å²) in [6.07, 6.45) is -8.36. The molecule has 3 aliphatic rings. The number of aliphatic hydroxyl groups is 6. The minimum Gasteiger partial charge on any atom is -0.508 e. The van der Waals surface area contributed by atoms with Crippen LogP contribution in [0.4, 0.5) is 0 Å². The number of benzene rings is 3. The van der Waals surface area contributed by atoms with E-state index in [1.807, 2.05) is 0 Å². The van der Waals surface area contributed by atoms with Gasteiger partial charge < -0.3 is 78.7 Å². The van der Waals surface area contributed by atoms with Crippen LogP contribution in [0.1, 0.15) is 34.3 Å². The van der Waals surface area contributed by atoms with Crippen molar-refractivity contribution in [1.29, 1.82) is 0 Å². The number of hydrogen-bond donors (Lipinski definition) is 8. The van der Waals surface area contributed by atoms with E-state index < -0.39 is 86.5 Å². The van der Waals surface area contributed by atoms with Crippen molar-refractivity contribution in [2.45, 2.75) is 67.1 Å². The molecule has 2 fully saturated rings. The van der Waals surface area contributed by atoms with Crippen LogP contribution in [-0.4, -0.2) is 143 Å². The summed E-state index contributed by atoms with van der Waals surface area (Å²) in [7, 11) is 2.87. The van der Waals surface area contributed by atoms with Gasteiger partial charge in [0.05, 0.1) is 46.6 Å². The minimum atomic E-state index is -2.13. The van der Waals surface area contributed by atoms with Crippen LogP contribution in [-0.2, 0) is 34.9 Å². The van der Waals surface area contributed by atoms with Crippen LogP contribution < -0.4 is 14.2 Å². The van der Waals surface area contributed by atoms with Crippen molar-refractivity contribution in [1.82, 2.24) is 0 Å². The molecule has 3 heterocycles. The second-order valence-electron chi connectivity index (χ2n) is 13.7. The quantitative estimate of drug-likeness (QED) is 0.0767. The Hall–Kier alpha value is -4.53. The van der Waals surface area contributed by atoms with Gasteiger partial charge in [0.15, 0.2) is 41.2 Å². The van der Waals surface area contributed by atoms with E-state index in [0.717, 1.165) is 11.6 Å². The molecule has 0 saturated carbocycles. The first-order chi connectivity index (χ1) is 26.9. The number of esters is 1. The molecule has 10 unspecified atom stereocenters. The number of rotatable bonds is 15. The van der Waals surface area contributed by atoms with Crippen molar-refractivity contribution < 1.29 is 83.5 Å². The number of phenolic OH excluding ortho intramolecular Hbond substituents is 2. The molecule has 0 amide bonds. The van der Waals surface area contributed by atoms with E-state index in [2.05, 4.69) is 0 Å². The number of carbonyl (C=O) groups is 1. The molecule has 6 rings (SSSR count). The van der Waals surface area contributed by atoms with Crippen LogP contribution in [0, 0.1) is 0 Å². The van der Waals surface area contributed by atoms with E-state index in [4.69, 9.17) is 37.9 Å². The van der Waals surface area contributed by atoms with Gasteiger partial charge in [0.2, 0.25) is 0 Å². The minimum absolute atomic E-state index is 0.0434. The van der Waals surface area contributed by atoms with E-state index in [0.29, 0.717) is 34.6 Å². The third kappa shape index (κ3) is 8.72. The topological polar surface area (TPSA) is 253 Å². The van der Waals surface area contributed by atoms with Crippen LogP contribution in [0.3, 0.4) is 0 Å². The highest BCUT2D eigenvalue weighted by molar-refractivity contribution is 5.87. The molecular weight excluding hydrogens is 740 g/mol. The fourth-order valence-electron chi connectivity index (χ4n) is 6.78. The van der Waals surface area contributed by atoms with E-state index in [-0.39, 0.29) is 30.5 Å². The smallest absolute Gasteiger partial charge is 0.330 e. The maximum Gasteiger partial charge on any atom is 0.330 e. The number of ether oxygens (including phenoxy) is 8. The molecule has 2 saturated heterocycles. The summed E-state index contributed by atoms with van der Waals surface area (Å²) in [5, 5.41) is 83.2. The van der Waals surface area contributed by atoms with Gasteiger partial charge in [-0.25, -0.2) is 4.79 Å². The van der Waals surface area contributed by atoms with E-state index >= 15 is 0 Å². The van der Waals surface area contributed by atoms with Gasteiger partial charge in [0.1, 0.15) is 49.0 Å². The molecule has 56 heavy (non-hydrogen) atoms. The van der Waals surface area contributed by atoms with Gasteiger partial charge in [-0.05, 0) is 65.6 Å². The van der Waals surface area contributed by atoms with Crippen molar-refractivity contribution in [3.05, 3.63) is 82.9 Å². The van der Waals surface area contributed by atoms with Crippen LogP contribution in [0.5, 0.6) is 28.7 Å². The predicted octanol–water partition coefficient (Wildman–Crippen LogP) is 0.413. The van der Waals surface area contributed by atoms with Crippen LogP contribution >= 0.6 is 0 Å². The zero-order chi connectivity index (χ0) is 40.1. The molecule has 3 aromatic carbocycles. The lowest BCUT2D eigenvalue weighted by molar-refractivity contribution is -0.335. The predicted molar refractivity (Wildman–Crippen MR) is 192 cm³/mol. The van der Waals surface area contributed by atoms with Gasteiger partial charge >= 0.3 is 5.97 Å². The Bertz CT molecular complexity index is 1830. The highest BCUT2D eigenvalue weighted by Gasteiger charge is 2.54. The molecule has 3 aliphatic heterocycles. The third-order valence-electron chi connectivity index (χ3n) is 9.97. The van der Waals surface area contributed by atoms with Gasteiger partial charge in [-0.1, -0.05) is 18.2 Å². The normalized spacial score (nSPS) is 29.9. The Labute approximate surface area is 321 Å². The molecular formula is C39H46O17. The number of fused-ring (bicyclic) bond motifs is 1. The molecule has 0 radical (unpaired) electrons. The van der Waals surface area contributed by atoms with Crippen LogP contribution in [0.15, 0.2) is 60.7 Å². The Morgan fingerprint density at radius 2 is 1.68 bits per heavy atom. The summed E-state index contributed by atoms with van der Waals surface area (Å²) in [5.74, 6) is -0.387. The molecule has 3 aromatic rings. The van der Waals surface area contributed by atoms with Gasteiger partial charge in [0, 0.05) is 11.6 Å². The summed E-state index contributed by atoms with van der Waals surface area (Å²) in [6, 6.07) is 14.5. The fourth-order valence-corrected chi connectivity index (χ4v) is 6.78. The summed E-state index contributed by atoms with van der Waals surface area (Å²) in [4.78, 5) is 12.8. The number of hydrogen-bond acceptors (Lipinski definition) is 17. The lowest BCUT2D eigenvalue weighted by Crippen LogP contribution is -2.61. The highest BCUT2D eigenvalue weighted by atomic mass is 16.8. The van der Waals surface area contributed by atoms with Crippen molar-refractivity contribution >= 4 is 12.0 Å². The molecule has 0 bridgehead atoms. The zero-order valence-corrected chi connectivity index (χ0v) is 30.5. The third-order valence-corrected chi connectivity index (χ3v) is 9.97. The number of phenols is 2. The molecule has 10 atom stereocenters. The average molecular weight is 787 g/mol. The van der Waals surface area contributed by atoms with Crippen molar-refractivity contribution in [2.24, 2.45) is 0 Å². The first-order valence-electron chi connectivity index (χ1n) is 17.8. The molecule has 8 N–H and O–H groups in total. The number of aliphatic hydroxyl groups excluding tert-OH is 5. The monoisotopic (exact) mass is 786 g/mol. The molecule has 304 valence electrons. The van der Waals surface area contributed by atoms with Crippen LogP contribution in [0.2, 0.25) is 0 Å². The first-order valence-corrected chi connectivity index (χ1v) is 17.8. The number of methoxy groups -OCH3 is 2. The number of carbonyl (C=O) groups excluding carboxylic acids is 1. The van der Waals surface area contributed by atoms with E-state index in [1.54, 1.807) is 36.4 Å². The van der Waals surface area contributed by atoms with Crippen LogP contribution in [0.25, 0.3) is 6.08 Å². The maximum absolute atomic E-state index is 12.8. The molecule has 17 nitrogen and oxygen atoms in total. The molecule has 17 heteroatoms. The van der Waals surface area contributed by atoms with Gasteiger partial charge in [0.25, 0.3) is 0 Å². The van der Waals surface area contributed by atoms with E-state index in [9.17, 15) is 45.6 Å². The van der Waals surface area contributed by atoms with E-state index in [1.165, 1.54) is 38.5 Å². The maximum atomic E-state index is 12.8. The largest absolute Gasteiger partial charge is 0.508 e. The Morgan fingerprint density at radius 3 is 2.38 bits per heavy atom. The fraction of sp³-hybridized carbons (Fsp3) is 0.462. The molecule has 0 aromatic heterocycles. The SMILES string of the molecule is COc1cc(C2Oc3c(OC)cc(C=CC(=O)OCC4(O)COC(OC5C(OCCc6ccc(O)cc6)OC(CO)C(O)C5O)C4O)cc3C2CO)ccc1O.